The molecule has 1 rings (SSSR count). The fraction of sp³-hybridized carbons (Fsp3) is 0.615. The van der Waals surface area contributed by atoms with Gasteiger partial charge in [0.2, 0.25) is 5.88 Å². The summed E-state index contributed by atoms with van der Waals surface area (Å²) in [6, 6.07) is 3.75. The van der Waals surface area contributed by atoms with Crippen LogP contribution in [-0.2, 0) is 0 Å². The average Bonchev–Trinajstić information content (AvgIpc) is 2.28. The van der Waals surface area contributed by atoms with Crippen molar-refractivity contribution in [1.82, 2.24) is 9.88 Å². The van der Waals surface area contributed by atoms with Crippen molar-refractivity contribution in [1.29, 1.82) is 0 Å². The molecule has 5 heteroatoms. The first-order valence-electron chi connectivity index (χ1n) is 6.19. The van der Waals surface area contributed by atoms with E-state index in [9.17, 15) is 0 Å². The first kappa shape index (κ1) is 14.6. The lowest BCUT2D eigenvalue weighted by molar-refractivity contribution is 0.234. The highest BCUT2D eigenvalue weighted by Crippen LogP contribution is 2.23. The zero-order chi connectivity index (χ0) is 13.7. The highest BCUT2D eigenvalue weighted by atomic mass is 16.5. The van der Waals surface area contributed by atoms with Crippen LogP contribution in [0.5, 0.6) is 5.88 Å². The molecule has 0 amide bonds. The molecule has 0 spiro atoms. The van der Waals surface area contributed by atoms with E-state index in [2.05, 4.69) is 28.9 Å². The van der Waals surface area contributed by atoms with E-state index < -0.39 is 0 Å². The molecule has 1 aromatic heterocycles. The molecule has 18 heavy (non-hydrogen) atoms. The zero-order valence-electron chi connectivity index (χ0n) is 12.0. The molecule has 0 saturated heterocycles. The number of ether oxygens (including phenoxy) is 1. The van der Waals surface area contributed by atoms with E-state index in [1.165, 1.54) is 0 Å². The van der Waals surface area contributed by atoms with Crippen LogP contribution >= 0.6 is 0 Å². The van der Waals surface area contributed by atoms with Crippen LogP contribution in [0.1, 0.15) is 13.8 Å². The van der Waals surface area contributed by atoms with Crippen LogP contribution in [0.25, 0.3) is 0 Å². The van der Waals surface area contributed by atoms with Crippen molar-refractivity contribution in [2.75, 3.05) is 44.9 Å². The maximum Gasteiger partial charge on any atom is 0.239 e. The van der Waals surface area contributed by atoms with Crippen molar-refractivity contribution in [3.05, 3.63) is 12.1 Å². The summed E-state index contributed by atoms with van der Waals surface area (Å²) in [5.74, 6) is 1.39. The van der Waals surface area contributed by atoms with E-state index in [-0.39, 0.29) is 6.10 Å². The predicted molar refractivity (Wildman–Crippen MR) is 76.2 cm³/mol. The van der Waals surface area contributed by atoms with E-state index in [1.54, 1.807) is 0 Å². The van der Waals surface area contributed by atoms with Crippen LogP contribution in [0.2, 0.25) is 0 Å². The smallest absolute Gasteiger partial charge is 0.239 e. The van der Waals surface area contributed by atoms with Gasteiger partial charge < -0.3 is 20.3 Å². The Morgan fingerprint density at radius 3 is 2.44 bits per heavy atom. The average molecular weight is 252 g/mol. The highest BCUT2D eigenvalue weighted by Gasteiger charge is 2.09. The number of nitrogens with zero attached hydrogens (tertiary/aromatic N) is 3. The van der Waals surface area contributed by atoms with Crippen LogP contribution < -0.4 is 15.4 Å². The predicted octanol–water partition coefficient (Wildman–Crippen LogP) is 1.45. The van der Waals surface area contributed by atoms with Gasteiger partial charge in [-0.05, 0) is 40.1 Å². The summed E-state index contributed by atoms with van der Waals surface area (Å²) in [4.78, 5) is 8.68. The van der Waals surface area contributed by atoms with Gasteiger partial charge in [0.05, 0.1) is 11.8 Å². The number of aromatic nitrogens is 1. The molecule has 1 aromatic rings. The van der Waals surface area contributed by atoms with E-state index in [0.717, 1.165) is 18.9 Å². The Kier molecular flexibility index (Phi) is 5.22. The second-order valence-corrected chi connectivity index (χ2v) is 4.96. The maximum atomic E-state index is 5.85. The molecule has 0 fully saturated rings. The van der Waals surface area contributed by atoms with Gasteiger partial charge in [0.15, 0.2) is 0 Å². The van der Waals surface area contributed by atoms with Gasteiger partial charge in [-0.15, -0.1) is 0 Å². The summed E-state index contributed by atoms with van der Waals surface area (Å²) in [5.41, 5.74) is 6.42. The number of hydrogen-bond acceptors (Lipinski definition) is 5. The Labute approximate surface area is 110 Å². The van der Waals surface area contributed by atoms with Crippen molar-refractivity contribution >= 4 is 11.5 Å². The molecule has 0 radical (unpaired) electrons. The molecule has 0 aliphatic carbocycles. The fourth-order valence-electron chi connectivity index (χ4n) is 1.44. The van der Waals surface area contributed by atoms with Gasteiger partial charge in [0.1, 0.15) is 5.82 Å². The van der Waals surface area contributed by atoms with Gasteiger partial charge in [-0.2, -0.15) is 4.98 Å². The first-order valence-corrected chi connectivity index (χ1v) is 6.19. The van der Waals surface area contributed by atoms with Crippen molar-refractivity contribution in [3.8, 4) is 5.88 Å². The second-order valence-electron chi connectivity index (χ2n) is 4.96. The number of hydrogen-bond donors (Lipinski definition) is 1. The first-order chi connectivity index (χ1) is 8.40. The lowest BCUT2D eigenvalue weighted by Crippen LogP contribution is -2.29. The van der Waals surface area contributed by atoms with E-state index in [0.29, 0.717) is 11.6 Å². The number of anilines is 2. The van der Waals surface area contributed by atoms with Crippen LogP contribution in [0.15, 0.2) is 12.1 Å². The van der Waals surface area contributed by atoms with Gasteiger partial charge in [-0.3, -0.25) is 0 Å². The lowest BCUT2D eigenvalue weighted by Gasteiger charge is -2.21. The number of pyridine rings is 1. The summed E-state index contributed by atoms with van der Waals surface area (Å²) in [5, 5.41) is 0. The third-order valence-electron chi connectivity index (χ3n) is 2.50. The molecule has 0 bridgehead atoms. The van der Waals surface area contributed by atoms with Gasteiger partial charge in [0.25, 0.3) is 0 Å². The maximum absolute atomic E-state index is 5.85. The Morgan fingerprint density at radius 2 is 1.89 bits per heavy atom. The van der Waals surface area contributed by atoms with Gasteiger partial charge in [0, 0.05) is 20.1 Å². The van der Waals surface area contributed by atoms with Crippen molar-refractivity contribution in [2.24, 2.45) is 0 Å². The zero-order valence-corrected chi connectivity index (χ0v) is 12.0. The topological polar surface area (TPSA) is 54.6 Å². The molecule has 0 atom stereocenters. The summed E-state index contributed by atoms with van der Waals surface area (Å²) < 4.78 is 5.59. The Hall–Kier alpha value is -1.49. The molecule has 102 valence electrons. The monoisotopic (exact) mass is 252 g/mol. The van der Waals surface area contributed by atoms with E-state index in [4.69, 9.17) is 10.5 Å². The van der Waals surface area contributed by atoms with Crippen molar-refractivity contribution in [2.45, 2.75) is 20.0 Å². The summed E-state index contributed by atoms with van der Waals surface area (Å²) in [6.07, 6.45) is 0.0714. The number of rotatable bonds is 6. The van der Waals surface area contributed by atoms with E-state index in [1.807, 2.05) is 33.0 Å². The number of nitrogens with two attached hydrogens (primary N) is 1. The molecule has 5 nitrogen and oxygen atoms in total. The molecular weight excluding hydrogens is 228 g/mol. The SMILES string of the molecule is CC(C)Oc1nc(N(C)CCN(C)C)ccc1N. The largest absolute Gasteiger partial charge is 0.473 e. The third-order valence-corrected chi connectivity index (χ3v) is 2.50. The fourth-order valence-corrected chi connectivity index (χ4v) is 1.44. The minimum absolute atomic E-state index is 0.0714. The molecule has 2 N–H and O–H groups in total. The minimum Gasteiger partial charge on any atom is -0.473 e. The summed E-state index contributed by atoms with van der Waals surface area (Å²) in [7, 11) is 6.12. The molecule has 0 aromatic carbocycles. The quantitative estimate of drug-likeness (QED) is 0.830. The van der Waals surface area contributed by atoms with Crippen LogP contribution in [0.4, 0.5) is 11.5 Å². The van der Waals surface area contributed by atoms with Gasteiger partial charge in [-0.25, -0.2) is 0 Å². The minimum atomic E-state index is 0.0714. The summed E-state index contributed by atoms with van der Waals surface area (Å²) >= 11 is 0. The van der Waals surface area contributed by atoms with Crippen LogP contribution in [0, 0.1) is 0 Å². The number of nitrogen functional groups attached to an aromatic ring is 1. The molecule has 1 heterocycles. The normalized spacial score (nSPS) is 11.1. The number of likely N-dealkylation sites (N-methyl/N-ethyl adjacent to an activating group) is 2. The molecule has 0 aliphatic heterocycles. The molecule has 0 saturated carbocycles. The van der Waals surface area contributed by atoms with Gasteiger partial charge >= 0.3 is 0 Å². The van der Waals surface area contributed by atoms with Crippen molar-refractivity contribution < 1.29 is 4.74 Å². The van der Waals surface area contributed by atoms with E-state index >= 15 is 0 Å². The summed E-state index contributed by atoms with van der Waals surface area (Å²) in [6.45, 7) is 5.81. The standard InChI is InChI=1S/C13H24N4O/c1-10(2)18-13-11(14)6-7-12(15-13)17(5)9-8-16(3)4/h6-7,10H,8-9,14H2,1-5H3. The lowest BCUT2D eigenvalue weighted by atomic mass is 10.3. The Morgan fingerprint density at radius 1 is 1.22 bits per heavy atom. The Balaban J connectivity index is 2.77. The van der Waals surface area contributed by atoms with Crippen LogP contribution in [-0.4, -0.2) is 50.2 Å². The van der Waals surface area contributed by atoms with Gasteiger partial charge in [-0.1, -0.05) is 0 Å². The molecular formula is C13H24N4O. The van der Waals surface area contributed by atoms with Crippen LogP contribution in [0.3, 0.4) is 0 Å². The molecule has 0 unspecified atom stereocenters. The highest BCUT2D eigenvalue weighted by molar-refractivity contribution is 5.54. The van der Waals surface area contributed by atoms with Crippen molar-refractivity contribution in [3.63, 3.8) is 0 Å². The Bertz CT molecular complexity index is 379. The molecule has 0 aliphatic rings. The second kappa shape index (κ2) is 6.44. The third kappa shape index (κ3) is 4.41.